The lowest BCUT2D eigenvalue weighted by Gasteiger charge is -2.37. The van der Waals surface area contributed by atoms with Gasteiger partial charge >= 0.3 is 0 Å². The molecular weight excluding hydrogens is 257 g/mol. The summed E-state index contributed by atoms with van der Waals surface area (Å²) in [4.78, 5) is 1.95. The average molecular weight is 281 g/mol. The second-order valence-electron chi connectivity index (χ2n) is 5.56. The second kappa shape index (κ2) is 7.04. The van der Waals surface area contributed by atoms with E-state index in [0.717, 1.165) is 25.7 Å². The van der Waals surface area contributed by atoms with Crippen molar-refractivity contribution >= 4 is 5.69 Å². The lowest BCUT2D eigenvalue weighted by atomic mass is 9.93. The zero-order valence-corrected chi connectivity index (χ0v) is 12.1. The summed E-state index contributed by atoms with van der Waals surface area (Å²) in [7, 11) is 0. The molecule has 1 fully saturated rings. The standard InChI is InChI=1S/C16H24FNO2/c1-12(20)14-8-5-9-15(17)16(14)18(10-11-19)13-6-3-2-4-7-13/h5,8-9,12-13,19-20H,2-4,6-7,10-11H2,1H3. The first-order valence-electron chi connectivity index (χ1n) is 7.49. The summed E-state index contributed by atoms with van der Waals surface area (Å²) in [6.07, 6.45) is 4.84. The molecule has 0 amide bonds. The SMILES string of the molecule is CC(O)c1cccc(F)c1N(CCO)C1CCCCC1. The minimum Gasteiger partial charge on any atom is -0.395 e. The van der Waals surface area contributed by atoms with E-state index in [9.17, 15) is 14.6 Å². The Morgan fingerprint density at radius 2 is 2.00 bits per heavy atom. The highest BCUT2D eigenvalue weighted by atomic mass is 19.1. The molecule has 1 unspecified atom stereocenters. The van der Waals surface area contributed by atoms with Crippen LogP contribution in [0.25, 0.3) is 0 Å². The molecule has 20 heavy (non-hydrogen) atoms. The molecule has 0 radical (unpaired) electrons. The Labute approximate surface area is 120 Å². The van der Waals surface area contributed by atoms with Crippen LogP contribution in [0.3, 0.4) is 0 Å². The first-order valence-corrected chi connectivity index (χ1v) is 7.49. The van der Waals surface area contributed by atoms with Crippen molar-refractivity contribution in [1.82, 2.24) is 0 Å². The van der Waals surface area contributed by atoms with Crippen LogP contribution in [0.1, 0.15) is 50.7 Å². The fraction of sp³-hybridized carbons (Fsp3) is 0.625. The fourth-order valence-corrected chi connectivity index (χ4v) is 3.15. The van der Waals surface area contributed by atoms with Gasteiger partial charge in [0.25, 0.3) is 0 Å². The summed E-state index contributed by atoms with van der Waals surface area (Å²) in [5.41, 5.74) is 1.06. The monoisotopic (exact) mass is 281 g/mol. The van der Waals surface area contributed by atoms with Crippen molar-refractivity contribution in [3.8, 4) is 0 Å². The highest BCUT2D eigenvalue weighted by Crippen LogP contribution is 2.34. The molecule has 2 rings (SSSR count). The van der Waals surface area contributed by atoms with Crippen LogP contribution in [0.2, 0.25) is 0 Å². The number of hydrogen-bond acceptors (Lipinski definition) is 3. The molecule has 112 valence electrons. The van der Waals surface area contributed by atoms with Crippen LogP contribution in [0.5, 0.6) is 0 Å². The summed E-state index contributed by atoms with van der Waals surface area (Å²) in [6.45, 7) is 2.05. The van der Waals surface area contributed by atoms with Gasteiger partial charge < -0.3 is 15.1 Å². The topological polar surface area (TPSA) is 43.7 Å². The molecule has 1 aliphatic rings. The molecule has 3 nitrogen and oxygen atoms in total. The molecule has 4 heteroatoms. The van der Waals surface area contributed by atoms with Crippen molar-refractivity contribution in [3.63, 3.8) is 0 Å². The second-order valence-corrected chi connectivity index (χ2v) is 5.56. The normalized spacial score (nSPS) is 18.0. The average Bonchev–Trinajstić information content (AvgIpc) is 2.46. The molecule has 0 spiro atoms. The maximum Gasteiger partial charge on any atom is 0.146 e. The lowest BCUT2D eigenvalue weighted by molar-refractivity contribution is 0.198. The number of rotatable bonds is 5. The van der Waals surface area contributed by atoms with Gasteiger partial charge in [0.05, 0.1) is 18.4 Å². The molecule has 0 saturated heterocycles. The third-order valence-corrected chi connectivity index (χ3v) is 4.11. The number of para-hydroxylation sites is 1. The van der Waals surface area contributed by atoms with E-state index in [0.29, 0.717) is 17.8 Å². The maximum atomic E-state index is 14.3. The van der Waals surface area contributed by atoms with Crippen molar-refractivity contribution in [1.29, 1.82) is 0 Å². The van der Waals surface area contributed by atoms with Gasteiger partial charge in [-0.1, -0.05) is 31.4 Å². The molecule has 0 aromatic heterocycles. The van der Waals surface area contributed by atoms with Crippen LogP contribution in [0.4, 0.5) is 10.1 Å². The van der Waals surface area contributed by atoms with Gasteiger partial charge in [0.1, 0.15) is 5.82 Å². The van der Waals surface area contributed by atoms with Gasteiger partial charge in [-0.05, 0) is 25.8 Å². The maximum absolute atomic E-state index is 14.3. The number of hydrogen-bond donors (Lipinski definition) is 2. The Balaban J connectivity index is 2.37. The smallest absolute Gasteiger partial charge is 0.146 e. The van der Waals surface area contributed by atoms with Gasteiger partial charge in [0.2, 0.25) is 0 Å². The summed E-state index contributed by atoms with van der Waals surface area (Å²) < 4.78 is 14.3. The first-order chi connectivity index (χ1) is 9.65. The van der Waals surface area contributed by atoms with Gasteiger partial charge in [-0.25, -0.2) is 4.39 Å². The van der Waals surface area contributed by atoms with Crippen molar-refractivity contribution in [2.75, 3.05) is 18.1 Å². The molecule has 1 atom stereocenters. The summed E-state index contributed by atoms with van der Waals surface area (Å²) in [5, 5.41) is 19.2. The van der Waals surface area contributed by atoms with Crippen molar-refractivity contribution < 1.29 is 14.6 Å². The van der Waals surface area contributed by atoms with Crippen molar-refractivity contribution in [2.24, 2.45) is 0 Å². The molecule has 1 saturated carbocycles. The Bertz CT molecular complexity index is 430. The summed E-state index contributed by atoms with van der Waals surface area (Å²) >= 11 is 0. The molecule has 1 aromatic carbocycles. The van der Waals surface area contributed by atoms with Crippen molar-refractivity contribution in [2.45, 2.75) is 51.2 Å². The van der Waals surface area contributed by atoms with Crippen LogP contribution in [-0.4, -0.2) is 29.4 Å². The third-order valence-electron chi connectivity index (χ3n) is 4.11. The summed E-state index contributed by atoms with van der Waals surface area (Å²) in [5.74, 6) is -0.317. The highest BCUT2D eigenvalue weighted by Gasteiger charge is 2.26. The zero-order valence-electron chi connectivity index (χ0n) is 12.1. The van der Waals surface area contributed by atoms with Gasteiger partial charge in [0, 0.05) is 18.2 Å². The van der Waals surface area contributed by atoms with E-state index in [-0.39, 0.29) is 18.5 Å². The van der Waals surface area contributed by atoms with Gasteiger partial charge in [-0.15, -0.1) is 0 Å². The fourth-order valence-electron chi connectivity index (χ4n) is 3.15. The molecule has 0 bridgehead atoms. The molecule has 2 N–H and O–H groups in total. The lowest BCUT2D eigenvalue weighted by Crippen LogP contribution is -2.40. The van der Waals surface area contributed by atoms with Crippen LogP contribution in [-0.2, 0) is 0 Å². The van der Waals surface area contributed by atoms with E-state index in [1.165, 1.54) is 12.5 Å². The Morgan fingerprint density at radius 1 is 1.30 bits per heavy atom. The number of aliphatic hydroxyl groups excluding tert-OH is 2. The van der Waals surface area contributed by atoms with Crippen molar-refractivity contribution in [3.05, 3.63) is 29.6 Å². The predicted octanol–water partition coefficient (Wildman–Crippen LogP) is 3.01. The number of anilines is 1. The van der Waals surface area contributed by atoms with Crippen LogP contribution in [0, 0.1) is 5.82 Å². The minimum atomic E-state index is -0.717. The van der Waals surface area contributed by atoms with Gasteiger partial charge in [0.15, 0.2) is 0 Å². The molecule has 0 aliphatic heterocycles. The van der Waals surface area contributed by atoms with Crippen LogP contribution >= 0.6 is 0 Å². The van der Waals surface area contributed by atoms with E-state index in [2.05, 4.69) is 0 Å². The summed E-state index contributed by atoms with van der Waals surface area (Å²) in [6, 6.07) is 5.06. The Morgan fingerprint density at radius 3 is 2.60 bits per heavy atom. The first kappa shape index (κ1) is 15.3. The number of aliphatic hydroxyl groups is 2. The van der Waals surface area contributed by atoms with Gasteiger partial charge in [-0.3, -0.25) is 0 Å². The van der Waals surface area contributed by atoms with E-state index in [1.807, 2.05) is 4.90 Å². The van der Waals surface area contributed by atoms with E-state index < -0.39 is 6.10 Å². The van der Waals surface area contributed by atoms with E-state index >= 15 is 0 Å². The van der Waals surface area contributed by atoms with Crippen LogP contribution < -0.4 is 4.90 Å². The Hall–Kier alpha value is -1.13. The minimum absolute atomic E-state index is 0.00984. The Kier molecular flexibility index (Phi) is 5.38. The molecular formula is C16H24FNO2. The number of nitrogens with zero attached hydrogens (tertiary/aromatic N) is 1. The van der Waals surface area contributed by atoms with Gasteiger partial charge in [-0.2, -0.15) is 0 Å². The molecule has 1 aromatic rings. The van der Waals surface area contributed by atoms with Crippen LogP contribution in [0.15, 0.2) is 18.2 Å². The van der Waals surface area contributed by atoms with E-state index in [4.69, 9.17) is 0 Å². The quantitative estimate of drug-likeness (QED) is 0.872. The number of benzene rings is 1. The largest absolute Gasteiger partial charge is 0.395 e. The van der Waals surface area contributed by atoms with E-state index in [1.54, 1.807) is 19.1 Å². The molecule has 0 heterocycles. The highest BCUT2D eigenvalue weighted by molar-refractivity contribution is 5.56. The predicted molar refractivity (Wildman–Crippen MR) is 78.3 cm³/mol. The number of halogens is 1. The zero-order chi connectivity index (χ0) is 14.5. The third kappa shape index (κ3) is 3.30. The molecule has 1 aliphatic carbocycles.